The lowest BCUT2D eigenvalue weighted by atomic mass is 10.2. The van der Waals surface area contributed by atoms with E-state index in [4.69, 9.17) is 4.74 Å². The summed E-state index contributed by atoms with van der Waals surface area (Å²) in [5, 5.41) is 3.38. The van der Waals surface area contributed by atoms with Gasteiger partial charge in [-0.3, -0.25) is 0 Å². The monoisotopic (exact) mass is 282 g/mol. The van der Waals surface area contributed by atoms with Gasteiger partial charge in [0, 0.05) is 24.3 Å². The number of hydrogen-bond donors (Lipinski definition) is 1. The third kappa shape index (κ3) is 5.40. The first kappa shape index (κ1) is 15.3. The third-order valence-electron chi connectivity index (χ3n) is 2.98. The molecule has 1 aromatic heterocycles. The number of rotatable bonds is 7. The van der Waals surface area contributed by atoms with Crippen LogP contribution in [0.5, 0.6) is 5.88 Å². The molecule has 1 aromatic carbocycles. The van der Waals surface area contributed by atoms with Crippen molar-refractivity contribution in [1.82, 2.24) is 10.3 Å². The van der Waals surface area contributed by atoms with Gasteiger partial charge in [0.2, 0.25) is 5.88 Å². The first-order valence-corrected chi connectivity index (χ1v) is 7.27. The van der Waals surface area contributed by atoms with Gasteiger partial charge in [0.05, 0.1) is 0 Å². The molecule has 1 N–H and O–H groups in total. The summed E-state index contributed by atoms with van der Waals surface area (Å²) in [4.78, 5) is 4.31. The zero-order valence-corrected chi connectivity index (χ0v) is 12.6. The summed E-state index contributed by atoms with van der Waals surface area (Å²) >= 11 is 0. The second-order valence-electron chi connectivity index (χ2n) is 5.13. The molecule has 3 heteroatoms. The van der Waals surface area contributed by atoms with E-state index in [0.29, 0.717) is 18.5 Å². The van der Waals surface area contributed by atoms with Gasteiger partial charge >= 0.3 is 0 Å². The molecule has 0 saturated heterocycles. The van der Waals surface area contributed by atoms with Gasteiger partial charge in [-0.1, -0.05) is 56.3 Å². The van der Waals surface area contributed by atoms with Crippen LogP contribution in [0.4, 0.5) is 0 Å². The lowest BCUT2D eigenvalue weighted by Crippen LogP contribution is -2.22. The van der Waals surface area contributed by atoms with E-state index in [1.54, 1.807) is 6.20 Å². The molecule has 0 radical (unpaired) electrons. The molecule has 0 aliphatic rings. The number of nitrogens with zero attached hydrogens (tertiary/aromatic N) is 1. The van der Waals surface area contributed by atoms with Gasteiger partial charge < -0.3 is 10.1 Å². The van der Waals surface area contributed by atoms with Gasteiger partial charge in [-0.25, -0.2) is 4.98 Å². The fourth-order valence-electron chi connectivity index (χ4n) is 1.88. The molecule has 0 atom stereocenters. The van der Waals surface area contributed by atoms with Crippen molar-refractivity contribution < 1.29 is 4.74 Å². The number of aromatic nitrogens is 1. The van der Waals surface area contributed by atoms with Gasteiger partial charge in [0.15, 0.2) is 0 Å². The van der Waals surface area contributed by atoms with E-state index in [1.165, 1.54) is 5.56 Å². The molecular formula is C18H22N2O. The van der Waals surface area contributed by atoms with Crippen LogP contribution < -0.4 is 10.1 Å². The first-order chi connectivity index (χ1) is 10.3. The average Bonchev–Trinajstić information content (AvgIpc) is 2.51. The summed E-state index contributed by atoms with van der Waals surface area (Å²) < 4.78 is 5.75. The van der Waals surface area contributed by atoms with Crippen LogP contribution in [-0.4, -0.2) is 17.6 Å². The smallest absolute Gasteiger partial charge is 0.218 e. The Morgan fingerprint density at radius 3 is 2.71 bits per heavy atom. The van der Waals surface area contributed by atoms with Gasteiger partial charge in [-0.05, 0) is 17.7 Å². The Morgan fingerprint density at radius 1 is 1.14 bits per heavy atom. The van der Waals surface area contributed by atoms with Crippen LogP contribution >= 0.6 is 0 Å². The molecule has 110 valence electrons. The Hall–Kier alpha value is -2.13. The fraction of sp³-hybridized carbons (Fsp3) is 0.278. The largest absolute Gasteiger partial charge is 0.473 e. The quantitative estimate of drug-likeness (QED) is 0.841. The molecule has 2 rings (SSSR count). The zero-order chi connectivity index (χ0) is 14.9. The molecule has 2 aromatic rings. The van der Waals surface area contributed by atoms with Crippen LogP contribution in [0.1, 0.15) is 25.0 Å². The van der Waals surface area contributed by atoms with Crippen molar-refractivity contribution in [2.24, 2.45) is 0 Å². The standard InChI is InChI=1S/C18H22N2O/c1-15(2)20-14-17-11-6-12-19-18(17)21-13-7-10-16-8-4-3-5-9-16/h3-12,15,20H,13-14H2,1-2H3. The molecule has 0 aliphatic carbocycles. The lowest BCUT2D eigenvalue weighted by Gasteiger charge is -2.11. The van der Waals surface area contributed by atoms with Crippen LogP contribution in [0.2, 0.25) is 0 Å². The van der Waals surface area contributed by atoms with E-state index in [0.717, 1.165) is 12.1 Å². The van der Waals surface area contributed by atoms with Crippen LogP contribution in [-0.2, 0) is 6.54 Å². The Balaban J connectivity index is 1.89. The SMILES string of the molecule is CC(C)NCc1cccnc1OCC=Cc1ccccc1. The minimum Gasteiger partial charge on any atom is -0.473 e. The van der Waals surface area contributed by atoms with Gasteiger partial charge in [0.1, 0.15) is 6.61 Å². The zero-order valence-electron chi connectivity index (χ0n) is 12.6. The molecule has 0 bridgehead atoms. The van der Waals surface area contributed by atoms with Crippen LogP contribution in [0, 0.1) is 0 Å². The molecule has 3 nitrogen and oxygen atoms in total. The maximum Gasteiger partial charge on any atom is 0.218 e. The van der Waals surface area contributed by atoms with E-state index in [9.17, 15) is 0 Å². The number of nitrogens with one attached hydrogen (secondary N) is 1. The van der Waals surface area contributed by atoms with Gasteiger partial charge in [-0.2, -0.15) is 0 Å². The maximum atomic E-state index is 5.75. The minimum absolute atomic E-state index is 0.441. The topological polar surface area (TPSA) is 34.2 Å². The van der Waals surface area contributed by atoms with Crippen molar-refractivity contribution in [3.05, 3.63) is 65.9 Å². The summed E-state index contributed by atoms with van der Waals surface area (Å²) in [6.07, 6.45) is 5.81. The average molecular weight is 282 g/mol. The number of benzene rings is 1. The highest BCUT2D eigenvalue weighted by molar-refractivity contribution is 5.48. The Bertz CT molecular complexity index is 564. The summed E-state index contributed by atoms with van der Waals surface area (Å²) in [6, 6.07) is 14.6. The highest BCUT2D eigenvalue weighted by atomic mass is 16.5. The summed E-state index contributed by atoms with van der Waals surface area (Å²) in [7, 11) is 0. The Labute approximate surface area is 126 Å². The second kappa shape index (κ2) is 8.22. The third-order valence-corrected chi connectivity index (χ3v) is 2.98. The number of ether oxygens (including phenoxy) is 1. The van der Waals surface area contributed by atoms with E-state index in [2.05, 4.69) is 42.4 Å². The minimum atomic E-state index is 0.441. The molecular weight excluding hydrogens is 260 g/mol. The van der Waals surface area contributed by atoms with E-state index >= 15 is 0 Å². The summed E-state index contributed by atoms with van der Waals surface area (Å²) in [5.74, 6) is 0.698. The molecule has 0 spiro atoms. The number of pyridine rings is 1. The summed E-state index contributed by atoms with van der Waals surface area (Å²) in [6.45, 7) is 5.53. The molecule has 0 unspecified atom stereocenters. The van der Waals surface area contributed by atoms with Crippen molar-refractivity contribution >= 4 is 6.08 Å². The highest BCUT2D eigenvalue weighted by Gasteiger charge is 2.04. The van der Waals surface area contributed by atoms with E-state index in [-0.39, 0.29) is 0 Å². The predicted octanol–water partition coefficient (Wildman–Crippen LogP) is 3.67. The molecule has 0 amide bonds. The van der Waals surface area contributed by atoms with Crippen LogP contribution in [0.3, 0.4) is 0 Å². The molecule has 1 heterocycles. The first-order valence-electron chi connectivity index (χ1n) is 7.27. The van der Waals surface area contributed by atoms with Crippen LogP contribution in [0.15, 0.2) is 54.7 Å². The van der Waals surface area contributed by atoms with E-state index < -0.39 is 0 Å². The second-order valence-corrected chi connectivity index (χ2v) is 5.13. The predicted molar refractivity (Wildman–Crippen MR) is 87.2 cm³/mol. The Morgan fingerprint density at radius 2 is 1.95 bits per heavy atom. The van der Waals surface area contributed by atoms with Crippen molar-refractivity contribution in [2.45, 2.75) is 26.4 Å². The van der Waals surface area contributed by atoms with Crippen LogP contribution in [0.25, 0.3) is 6.08 Å². The van der Waals surface area contributed by atoms with Crippen molar-refractivity contribution in [2.75, 3.05) is 6.61 Å². The lowest BCUT2D eigenvalue weighted by molar-refractivity contribution is 0.343. The van der Waals surface area contributed by atoms with Crippen molar-refractivity contribution in [3.8, 4) is 5.88 Å². The highest BCUT2D eigenvalue weighted by Crippen LogP contribution is 2.14. The fourth-order valence-corrected chi connectivity index (χ4v) is 1.88. The molecule has 0 aliphatic heterocycles. The van der Waals surface area contributed by atoms with Crippen molar-refractivity contribution in [1.29, 1.82) is 0 Å². The number of hydrogen-bond acceptors (Lipinski definition) is 3. The molecule has 21 heavy (non-hydrogen) atoms. The van der Waals surface area contributed by atoms with E-state index in [1.807, 2.05) is 36.4 Å². The molecule has 0 saturated carbocycles. The van der Waals surface area contributed by atoms with Gasteiger partial charge in [0.25, 0.3) is 0 Å². The summed E-state index contributed by atoms with van der Waals surface area (Å²) in [5.41, 5.74) is 2.25. The Kier molecular flexibility index (Phi) is 5.98. The van der Waals surface area contributed by atoms with Crippen molar-refractivity contribution in [3.63, 3.8) is 0 Å². The van der Waals surface area contributed by atoms with Gasteiger partial charge in [-0.15, -0.1) is 0 Å². The molecule has 0 fully saturated rings. The maximum absolute atomic E-state index is 5.75. The normalized spacial score (nSPS) is 11.2.